The third-order valence-corrected chi connectivity index (χ3v) is 9.46. The highest BCUT2D eigenvalue weighted by molar-refractivity contribution is 7.91. The number of amides is 1. The van der Waals surface area contributed by atoms with Crippen LogP contribution in [-0.2, 0) is 37.0 Å². The summed E-state index contributed by atoms with van der Waals surface area (Å²) in [6.07, 6.45) is -2.79. The fraction of sp³-hybridized carbons (Fsp3) is 0.576. The minimum Gasteiger partial charge on any atom is -0.633 e. The predicted octanol–water partition coefficient (Wildman–Crippen LogP) is 2.11. The molecule has 0 unspecified atom stereocenters. The lowest BCUT2D eigenvalue weighted by atomic mass is 9.85. The van der Waals surface area contributed by atoms with Crippen LogP contribution < -0.4 is 5.32 Å². The molecule has 1 fully saturated rings. The van der Waals surface area contributed by atoms with Crippen LogP contribution in [0.25, 0.3) is 0 Å². The Labute approximate surface area is 266 Å². The molecular formula is C33H48N2O9S. The van der Waals surface area contributed by atoms with Crippen molar-refractivity contribution in [1.29, 1.82) is 0 Å². The van der Waals surface area contributed by atoms with E-state index in [0.29, 0.717) is 31.2 Å². The van der Waals surface area contributed by atoms with Gasteiger partial charge in [0.05, 0.1) is 32.6 Å². The van der Waals surface area contributed by atoms with Gasteiger partial charge < -0.3 is 35.2 Å². The summed E-state index contributed by atoms with van der Waals surface area (Å²) >= 11 is 0. The van der Waals surface area contributed by atoms with Crippen molar-refractivity contribution in [3.8, 4) is 0 Å². The van der Waals surface area contributed by atoms with Crippen LogP contribution in [0.5, 0.6) is 0 Å². The number of aliphatic hydroxyl groups is 3. The monoisotopic (exact) mass is 648 g/mol. The molecule has 0 aliphatic carbocycles. The van der Waals surface area contributed by atoms with E-state index in [0.717, 1.165) is 28.5 Å². The number of quaternary nitrogens is 1. The van der Waals surface area contributed by atoms with Crippen LogP contribution in [-0.4, -0.2) is 97.3 Å². The van der Waals surface area contributed by atoms with Crippen LogP contribution >= 0.6 is 0 Å². The van der Waals surface area contributed by atoms with Gasteiger partial charge in [0.1, 0.15) is 30.2 Å². The van der Waals surface area contributed by atoms with Crippen molar-refractivity contribution in [2.45, 2.75) is 82.7 Å². The van der Waals surface area contributed by atoms with Gasteiger partial charge in [0.2, 0.25) is 5.91 Å². The molecule has 1 saturated heterocycles. The number of rotatable bonds is 14. The quantitative estimate of drug-likeness (QED) is 0.177. The first kappa shape index (κ1) is 36.8. The minimum absolute atomic E-state index is 0.0130. The molecule has 0 aromatic heterocycles. The molecular weight excluding hydrogens is 600 g/mol. The van der Waals surface area contributed by atoms with E-state index in [2.05, 4.69) is 5.32 Å². The van der Waals surface area contributed by atoms with Crippen molar-refractivity contribution in [2.75, 3.05) is 33.4 Å². The Kier molecular flexibility index (Phi) is 12.1. The molecule has 3 rings (SSSR count). The Morgan fingerprint density at radius 3 is 2.22 bits per heavy atom. The van der Waals surface area contributed by atoms with E-state index >= 15 is 0 Å². The lowest BCUT2D eigenvalue weighted by molar-refractivity contribution is -0.838. The highest BCUT2D eigenvalue weighted by atomic mass is 32.2. The van der Waals surface area contributed by atoms with Crippen LogP contribution in [0.15, 0.2) is 42.5 Å². The van der Waals surface area contributed by atoms with E-state index in [1.807, 2.05) is 43.3 Å². The Hall–Kier alpha value is -2.71. The van der Waals surface area contributed by atoms with Crippen molar-refractivity contribution < 1.29 is 42.7 Å². The summed E-state index contributed by atoms with van der Waals surface area (Å²) in [5, 5.41) is 45.5. The first-order chi connectivity index (χ1) is 20.8. The van der Waals surface area contributed by atoms with Gasteiger partial charge in [0.15, 0.2) is 15.3 Å². The maximum absolute atomic E-state index is 12.6. The first-order valence-electron chi connectivity index (χ1n) is 15.2. The topological polar surface area (TPSA) is 173 Å². The highest BCUT2D eigenvalue weighted by Crippen LogP contribution is 2.35. The number of nitrogens with zero attached hydrogens (tertiary/aromatic N) is 1. The molecule has 1 heterocycles. The molecule has 0 bridgehead atoms. The van der Waals surface area contributed by atoms with E-state index in [1.54, 1.807) is 19.9 Å². The van der Waals surface area contributed by atoms with Gasteiger partial charge in [-0.15, -0.1) is 0 Å². The summed E-state index contributed by atoms with van der Waals surface area (Å²) in [7, 11) is -0.842. The maximum atomic E-state index is 12.6. The fourth-order valence-electron chi connectivity index (χ4n) is 5.41. The molecule has 0 spiro atoms. The van der Waals surface area contributed by atoms with Crippen molar-refractivity contribution in [3.05, 3.63) is 75.5 Å². The number of hydroxylamine groups is 3. The predicted molar refractivity (Wildman–Crippen MR) is 171 cm³/mol. The minimum atomic E-state index is -3.86. The summed E-state index contributed by atoms with van der Waals surface area (Å²) in [5.74, 6) is -0.225. The van der Waals surface area contributed by atoms with E-state index in [-0.39, 0.29) is 31.2 Å². The van der Waals surface area contributed by atoms with Crippen LogP contribution in [0.3, 0.4) is 0 Å². The van der Waals surface area contributed by atoms with Gasteiger partial charge in [-0.05, 0) is 54.0 Å². The van der Waals surface area contributed by atoms with Gasteiger partial charge in [-0.25, -0.2) is 8.42 Å². The lowest BCUT2D eigenvalue weighted by Crippen LogP contribution is -2.56. The number of carbonyl (C=O) groups is 2. The molecule has 2 aromatic rings. The van der Waals surface area contributed by atoms with E-state index in [4.69, 9.17) is 4.74 Å². The Morgan fingerprint density at radius 1 is 1.00 bits per heavy atom. The molecule has 0 saturated carbocycles. The van der Waals surface area contributed by atoms with Gasteiger partial charge in [-0.2, -0.15) is 0 Å². The Bertz CT molecular complexity index is 1440. The summed E-state index contributed by atoms with van der Waals surface area (Å²) in [5.41, 5.74) is 1.99. The van der Waals surface area contributed by atoms with Crippen LogP contribution in [0.2, 0.25) is 0 Å². The molecule has 45 heavy (non-hydrogen) atoms. The average Bonchev–Trinajstić information content (AvgIpc) is 2.92. The van der Waals surface area contributed by atoms with Gasteiger partial charge in [-0.3, -0.25) is 9.59 Å². The second kappa shape index (κ2) is 14.8. The molecule has 250 valence electrons. The molecule has 1 aliphatic rings. The first-order valence-corrected chi connectivity index (χ1v) is 17.1. The highest BCUT2D eigenvalue weighted by Gasteiger charge is 2.48. The molecule has 1 aliphatic heterocycles. The molecule has 1 amide bonds. The fourth-order valence-corrected chi connectivity index (χ4v) is 6.40. The zero-order valence-electron chi connectivity index (χ0n) is 27.0. The number of benzene rings is 2. The van der Waals surface area contributed by atoms with Crippen LogP contribution in [0, 0.1) is 17.5 Å². The summed E-state index contributed by atoms with van der Waals surface area (Å²) in [4.78, 5) is 25.1. The van der Waals surface area contributed by atoms with Gasteiger partial charge >= 0.3 is 0 Å². The van der Waals surface area contributed by atoms with E-state index in [9.17, 15) is 38.5 Å². The van der Waals surface area contributed by atoms with Crippen molar-refractivity contribution >= 4 is 21.5 Å². The normalized spacial score (nSPS) is 22.7. The third kappa shape index (κ3) is 10.4. The third-order valence-electron chi connectivity index (χ3n) is 8.22. The number of aliphatic hydroxyl groups excluding tert-OH is 3. The van der Waals surface area contributed by atoms with Crippen molar-refractivity contribution in [3.63, 3.8) is 0 Å². The standard InChI is InChI=1S/C33H48N2O9S/c1-21-10-15-24(30-28(38)27(37)29(39)31(44-30)45(6,42)43)19-25(21)18-23-13-11-22(12-14-23)8-7-9-26(36)20-33(2,3)32(40)34-16-17-35(4,5)41/h10-15,19,27-31,37-39H,7-9,16-18,20H2,1-6H3,(H,34,40)/t27-,28-,29+,30+,31-/m1/s1. The van der Waals surface area contributed by atoms with Gasteiger partial charge in [0.25, 0.3) is 0 Å². The lowest BCUT2D eigenvalue weighted by Gasteiger charge is -2.40. The second-order valence-electron chi connectivity index (χ2n) is 13.4. The second-order valence-corrected chi connectivity index (χ2v) is 15.5. The summed E-state index contributed by atoms with van der Waals surface area (Å²) in [6, 6.07) is 13.4. The van der Waals surface area contributed by atoms with Gasteiger partial charge in [-0.1, -0.05) is 56.3 Å². The van der Waals surface area contributed by atoms with Crippen molar-refractivity contribution in [2.24, 2.45) is 5.41 Å². The molecule has 11 nitrogen and oxygen atoms in total. The van der Waals surface area contributed by atoms with E-state index < -0.39 is 49.8 Å². The number of hydrogen-bond donors (Lipinski definition) is 4. The average molecular weight is 649 g/mol. The molecule has 5 atom stereocenters. The number of Topliss-reactive ketones (excluding diaryl/α,β-unsaturated/α-hetero) is 1. The Morgan fingerprint density at radius 2 is 1.62 bits per heavy atom. The number of ether oxygens (including phenoxy) is 1. The molecule has 2 aromatic carbocycles. The number of likely N-dealkylation sites (N-methyl/N-ethyl adjacent to an activating group) is 1. The smallest absolute Gasteiger partial charge is 0.226 e. The van der Waals surface area contributed by atoms with Crippen LogP contribution in [0.1, 0.15) is 67.0 Å². The van der Waals surface area contributed by atoms with E-state index in [1.165, 1.54) is 14.1 Å². The molecule has 4 N–H and O–H groups in total. The number of nitrogens with one attached hydrogen (secondary N) is 1. The van der Waals surface area contributed by atoms with Crippen LogP contribution in [0.4, 0.5) is 0 Å². The zero-order chi connectivity index (χ0) is 33.7. The number of sulfone groups is 1. The SMILES string of the molecule is Cc1ccc([C@@H]2O[C@H](S(C)(=O)=O)[C@@H](O)[C@H](O)[C@H]2O)cc1Cc1ccc(CCCC(=O)CC(C)(C)C(=O)NCC[N+](C)(C)[O-])cc1. The zero-order valence-corrected chi connectivity index (χ0v) is 27.8. The largest absolute Gasteiger partial charge is 0.633 e. The molecule has 0 radical (unpaired) electrons. The van der Waals surface area contributed by atoms with Crippen molar-refractivity contribution in [1.82, 2.24) is 5.32 Å². The van der Waals surface area contributed by atoms with Gasteiger partial charge in [0, 0.05) is 19.1 Å². The summed E-state index contributed by atoms with van der Waals surface area (Å²) < 4.78 is 29.4. The number of ketones is 1. The molecule has 12 heteroatoms. The number of hydrogen-bond acceptors (Lipinski definition) is 9. The Balaban J connectivity index is 1.56. The number of carbonyl (C=O) groups excluding carboxylic acids is 2. The number of aryl methyl sites for hydroxylation is 2. The summed E-state index contributed by atoms with van der Waals surface area (Å²) in [6.45, 7) is 5.92. The maximum Gasteiger partial charge on any atom is 0.226 e.